The van der Waals surface area contributed by atoms with Gasteiger partial charge in [0.05, 0.1) is 28.0 Å². The largest absolute Gasteiger partial charge is 0.379 e. The Balaban J connectivity index is 2.97. The van der Waals surface area contributed by atoms with Gasteiger partial charge in [0, 0.05) is 13.7 Å². The van der Waals surface area contributed by atoms with E-state index in [9.17, 15) is 0 Å². The first-order valence-electron chi connectivity index (χ1n) is 6.17. The molecule has 0 aliphatic carbocycles. The van der Waals surface area contributed by atoms with Crippen molar-refractivity contribution in [2.45, 2.75) is 51.8 Å². The van der Waals surface area contributed by atoms with Crippen molar-refractivity contribution < 1.29 is 4.74 Å². The molecule has 6 heteroatoms. The fourth-order valence-corrected chi connectivity index (χ4v) is 2.49. The predicted molar refractivity (Wildman–Crippen MR) is 76.0 cm³/mol. The van der Waals surface area contributed by atoms with E-state index >= 15 is 0 Å². The summed E-state index contributed by atoms with van der Waals surface area (Å²) in [5.74, 6) is 5.69. The number of nitrogens with two attached hydrogens (primary N) is 1. The molecule has 1 aromatic heterocycles. The van der Waals surface area contributed by atoms with Crippen LogP contribution in [0.25, 0.3) is 0 Å². The molecule has 0 aliphatic rings. The Bertz CT molecular complexity index is 378. The van der Waals surface area contributed by atoms with Gasteiger partial charge in [0.2, 0.25) is 0 Å². The van der Waals surface area contributed by atoms with Crippen LogP contribution in [0.1, 0.15) is 45.3 Å². The number of methoxy groups -OCH3 is 1. The molecule has 0 bridgehead atoms. The van der Waals surface area contributed by atoms with Crippen LogP contribution in [0.2, 0.25) is 0 Å². The van der Waals surface area contributed by atoms with E-state index < -0.39 is 0 Å². The Morgan fingerprint density at radius 2 is 2.28 bits per heavy atom. The van der Waals surface area contributed by atoms with Gasteiger partial charge in [-0.25, -0.2) is 0 Å². The van der Waals surface area contributed by atoms with E-state index in [1.807, 2.05) is 24.7 Å². The van der Waals surface area contributed by atoms with Gasteiger partial charge in [-0.15, -0.1) is 0 Å². The minimum absolute atomic E-state index is 0.00312. The number of nitrogens with one attached hydrogen (secondary N) is 1. The first-order chi connectivity index (χ1) is 8.45. The summed E-state index contributed by atoms with van der Waals surface area (Å²) in [5.41, 5.74) is 3.70. The number of aromatic nitrogens is 2. The van der Waals surface area contributed by atoms with Crippen LogP contribution in [0.4, 0.5) is 0 Å². The van der Waals surface area contributed by atoms with Crippen molar-refractivity contribution in [3.63, 3.8) is 0 Å². The summed E-state index contributed by atoms with van der Waals surface area (Å²) in [6.07, 6.45) is 3.62. The van der Waals surface area contributed by atoms with E-state index in [-0.39, 0.29) is 11.6 Å². The molecule has 3 N–H and O–H groups in total. The highest BCUT2D eigenvalue weighted by Gasteiger charge is 2.27. The second-order valence-electron chi connectivity index (χ2n) is 4.99. The maximum absolute atomic E-state index is 5.69. The molecule has 0 fully saturated rings. The third-order valence-electron chi connectivity index (χ3n) is 3.05. The molecular weight excluding hydrogens is 296 g/mol. The lowest BCUT2D eigenvalue weighted by Crippen LogP contribution is -2.36. The van der Waals surface area contributed by atoms with Crippen molar-refractivity contribution in [3.8, 4) is 0 Å². The van der Waals surface area contributed by atoms with Crippen LogP contribution in [0.5, 0.6) is 0 Å². The van der Waals surface area contributed by atoms with Crippen LogP contribution in [-0.4, -0.2) is 22.5 Å². The van der Waals surface area contributed by atoms with Gasteiger partial charge in [-0.1, -0.05) is 6.92 Å². The van der Waals surface area contributed by atoms with E-state index in [0.717, 1.165) is 29.6 Å². The molecule has 104 valence electrons. The monoisotopic (exact) mass is 318 g/mol. The van der Waals surface area contributed by atoms with Crippen molar-refractivity contribution >= 4 is 15.9 Å². The van der Waals surface area contributed by atoms with Crippen LogP contribution >= 0.6 is 15.9 Å². The van der Waals surface area contributed by atoms with Gasteiger partial charge in [-0.2, -0.15) is 5.10 Å². The van der Waals surface area contributed by atoms with Crippen LogP contribution in [0, 0.1) is 0 Å². The van der Waals surface area contributed by atoms with E-state index in [4.69, 9.17) is 10.6 Å². The summed E-state index contributed by atoms with van der Waals surface area (Å²) < 4.78 is 8.43. The molecule has 1 aromatic rings. The van der Waals surface area contributed by atoms with Gasteiger partial charge in [-0.05, 0) is 42.6 Å². The number of halogens is 1. The molecule has 1 atom stereocenters. The lowest BCUT2D eigenvalue weighted by Gasteiger charge is -2.28. The van der Waals surface area contributed by atoms with Crippen molar-refractivity contribution in [2.24, 2.45) is 5.84 Å². The first kappa shape index (κ1) is 15.6. The minimum atomic E-state index is -0.238. The average Bonchev–Trinajstić information content (AvgIpc) is 2.68. The smallest absolute Gasteiger partial charge is 0.0710 e. The fourth-order valence-electron chi connectivity index (χ4n) is 1.92. The van der Waals surface area contributed by atoms with E-state index in [0.29, 0.717) is 0 Å². The molecule has 0 amide bonds. The Morgan fingerprint density at radius 1 is 1.61 bits per heavy atom. The Morgan fingerprint density at radius 3 is 2.78 bits per heavy atom. The molecular formula is C12H23BrN4O. The SMILES string of the molecule is CCCn1ncc(Br)c1C(CC(C)(C)OC)NN. The zero-order chi connectivity index (χ0) is 13.8. The van der Waals surface area contributed by atoms with Gasteiger partial charge in [-0.3, -0.25) is 16.0 Å². The summed E-state index contributed by atoms with van der Waals surface area (Å²) in [7, 11) is 1.71. The molecule has 0 saturated heterocycles. The van der Waals surface area contributed by atoms with Crippen LogP contribution in [0.3, 0.4) is 0 Å². The lowest BCUT2D eigenvalue weighted by molar-refractivity contribution is 0.00602. The quantitative estimate of drug-likeness (QED) is 0.598. The highest BCUT2D eigenvalue weighted by Crippen LogP contribution is 2.30. The van der Waals surface area contributed by atoms with Crippen molar-refractivity contribution in [1.29, 1.82) is 0 Å². The van der Waals surface area contributed by atoms with Crippen molar-refractivity contribution in [1.82, 2.24) is 15.2 Å². The van der Waals surface area contributed by atoms with Crippen molar-refractivity contribution in [3.05, 3.63) is 16.4 Å². The summed E-state index contributed by atoms with van der Waals surface area (Å²) in [5, 5.41) is 4.36. The van der Waals surface area contributed by atoms with Gasteiger partial charge in [0.15, 0.2) is 0 Å². The average molecular weight is 319 g/mol. The second kappa shape index (κ2) is 6.65. The molecule has 1 rings (SSSR count). The maximum Gasteiger partial charge on any atom is 0.0710 e. The number of ether oxygens (including phenoxy) is 1. The van der Waals surface area contributed by atoms with Gasteiger partial charge < -0.3 is 4.74 Å². The molecule has 0 saturated carbocycles. The number of hydrogen-bond donors (Lipinski definition) is 2. The predicted octanol–water partition coefficient (Wildman–Crippen LogP) is 2.38. The zero-order valence-corrected chi connectivity index (χ0v) is 13.1. The Labute approximate surface area is 117 Å². The summed E-state index contributed by atoms with van der Waals surface area (Å²) in [6, 6.07) is 0.00312. The van der Waals surface area contributed by atoms with Crippen LogP contribution < -0.4 is 11.3 Å². The number of rotatable bonds is 7. The van der Waals surface area contributed by atoms with Gasteiger partial charge >= 0.3 is 0 Å². The van der Waals surface area contributed by atoms with Crippen molar-refractivity contribution in [2.75, 3.05) is 7.11 Å². The summed E-state index contributed by atoms with van der Waals surface area (Å²) >= 11 is 3.54. The third-order valence-corrected chi connectivity index (χ3v) is 3.66. The van der Waals surface area contributed by atoms with Crippen LogP contribution in [-0.2, 0) is 11.3 Å². The van der Waals surface area contributed by atoms with E-state index in [1.165, 1.54) is 0 Å². The highest BCUT2D eigenvalue weighted by molar-refractivity contribution is 9.10. The molecule has 0 aromatic carbocycles. The topological polar surface area (TPSA) is 65.1 Å². The van der Waals surface area contributed by atoms with E-state index in [1.54, 1.807) is 7.11 Å². The normalized spacial score (nSPS) is 13.9. The highest BCUT2D eigenvalue weighted by atomic mass is 79.9. The van der Waals surface area contributed by atoms with Crippen LogP contribution in [0.15, 0.2) is 10.7 Å². The number of nitrogens with zero attached hydrogens (tertiary/aromatic N) is 2. The molecule has 1 heterocycles. The van der Waals surface area contributed by atoms with E-state index in [2.05, 4.69) is 33.4 Å². The molecule has 0 radical (unpaired) electrons. The Kier molecular flexibility index (Phi) is 5.78. The minimum Gasteiger partial charge on any atom is -0.379 e. The number of aryl methyl sites for hydroxylation is 1. The summed E-state index contributed by atoms with van der Waals surface area (Å²) in [6.45, 7) is 7.10. The standard InChI is InChI=1S/C12H23BrN4O/c1-5-6-17-11(9(13)8-15-17)10(16-14)7-12(2,3)18-4/h8,10,16H,5-7,14H2,1-4H3. The molecule has 0 aliphatic heterocycles. The fraction of sp³-hybridized carbons (Fsp3) is 0.750. The van der Waals surface area contributed by atoms with Gasteiger partial charge in [0.25, 0.3) is 0 Å². The molecule has 0 spiro atoms. The first-order valence-corrected chi connectivity index (χ1v) is 6.97. The molecule has 1 unspecified atom stereocenters. The van der Waals surface area contributed by atoms with Gasteiger partial charge in [0.1, 0.15) is 0 Å². The second-order valence-corrected chi connectivity index (χ2v) is 5.84. The summed E-state index contributed by atoms with van der Waals surface area (Å²) in [4.78, 5) is 0. The number of hydrogen-bond acceptors (Lipinski definition) is 4. The number of hydrazine groups is 1. The third kappa shape index (κ3) is 3.78. The lowest BCUT2D eigenvalue weighted by atomic mass is 9.97. The molecule has 18 heavy (non-hydrogen) atoms. The Hall–Kier alpha value is -0.430. The zero-order valence-electron chi connectivity index (χ0n) is 11.5. The maximum atomic E-state index is 5.69. The molecule has 5 nitrogen and oxygen atoms in total.